The van der Waals surface area contributed by atoms with Gasteiger partial charge in [-0.3, -0.25) is 4.79 Å². The molecule has 0 spiro atoms. The number of nitriles is 1. The fraction of sp³-hybridized carbons (Fsp3) is 0.0417. The third-order valence-electron chi connectivity index (χ3n) is 4.40. The highest BCUT2D eigenvalue weighted by Gasteiger charge is 2.23. The lowest BCUT2D eigenvalue weighted by molar-refractivity contribution is -0.115. The standard InChI is InChI=1S/C24H16BrN3O2S/c25-19-6-3-7-20(13-19)27-24-28-23(29)22(31-24)12-16-8-10-21(11-9-16)30-15-18-5-2-1-4-17(18)14-26/h1-13H,15H2,(H,27,28,29)/b22-12-. The van der Waals surface area contributed by atoms with Crippen molar-refractivity contribution in [1.82, 2.24) is 5.32 Å². The predicted molar refractivity (Wildman–Crippen MR) is 127 cm³/mol. The van der Waals surface area contributed by atoms with Gasteiger partial charge in [-0.1, -0.05) is 52.3 Å². The molecule has 1 aliphatic rings. The van der Waals surface area contributed by atoms with Gasteiger partial charge in [0.05, 0.1) is 22.2 Å². The van der Waals surface area contributed by atoms with Crippen molar-refractivity contribution < 1.29 is 9.53 Å². The van der Waals surface area contributed by atoms with Crippen LogP contribution in [0.3, 0.4) is 0 Å². The minimum Gasteiger partial charge on any atom is -0.489 e. The van der Waals surface area contributed by atoms with Crippen LogP contribution in [0, 0.1) is 11.3 Å². The molecule has 1 heterocycles. The van der Waals surface area contributed by atoms with Crippen LogP contribution in [-0.2, 0) is 11.4 Å². The molecule has 0 atom stereocenters. The van der Waals surface area contributed by atoms with E-state index in [-0.39, 0.29) is 5.91 Å². The molecule has 0 aliphatic carbocycles. The van der Waals surface area contributed by atoms with Gasteiger partial charge in [-0.2, -0.15) is 5.26 Å². The number of hydrogen-bond donors (Lipinski definition) is 1. The number of nitrogens with zero attached hydrogens (tertiary/aromatic N) is 2. The van der Waals surface area contributed by atoms with Crippen LogP contribution in [-0.4, -0.2) is 11.1 Å². The average Bonchev–Trinajstić information content (AvgIpc) is 3.12. The molecule has 3 aromatic carbocycles. The molecule has 152 valence electrons. The van der Waals surface area contributed by atoms with Crippen molar-refractivity contribution in [2.24, 2.45) is 4.99 Å². The summed E-state index contributed by atoms with van der Waals surface area (Å²) >= 11 is 4.72. The van der Waals surface area contributed by atoms with E-state index in [2.05, 4.69) is 32.3 Å². The first-order chi connectivity index (χ1) is 15.1. The SMILES string of the molecule is N#Cc1ccccc1COc1ccc(/C=C2\SC(=Nc3cccc(Br)c3)NC2=O)cc1. The lowest BCUT2D eigenvalue weighted by atomic mass is 10.1. The first-order valence-corrected chi connectivity index (χ1v) is 11.0. The lowest BCUT2D eigenvalue weighted by Crippen LogP contribution is -2.19. The Balaban J connectivity index is 1.42. The molecular formula is C24H16BrN3O2S. The fourth-order valence-electron chi connectivity index (χ4n) is 2.87. The molecule has 3 aromatic rings. The van der Waals surface area contributed by atoms with E-state index >= 15 is 0 Å². The van der Waals surface area contributed by atoms with Crippen LogP contribution in [0.4, 0.5) is 5.69 Å². The maximum absolute atomic E-state index is 12.3. The molecule has 0 bridgehead atoms. The number of nitrogens with one attached hydrogen (secondary N) is 1. The number of aliphatic imine (C=N–C) groups is 1. The summed E-state index contributed by atoms with van der Waals surface area (Å²) in [5.74, 6) is 0.516. The molecule has 1 N–H and O–H groups in total. The van der Waals surface area contributed by atoms with Crippen LogP contribution in [0.25, 0.3) is 6.08 Å². The molecule has 4 rings (SSSR count). The molecule has 31 heavy (non-hydrogen) atoms. The van der Waals surface area contributed by atoms with Gasteiger partial charge in [-0.05, 0) is 59.8 Å². The molecule has 1 fully saturated rings. The molecule has 1 amide bonds. The summed E-state index contributed by atoms with van der Waals surface area (Å²) < 4.78 is 6.72. The predicted octanol–water partition coefficient (Wildman–Crippen LogP) is 5.79. The van der Waals surface area contributed by atoms with E-state index < -0.39 is 0 Å². The largest absolute Gasteiger partial charge is 0.489 e. The van der Waals surface area contributed by atoms with Gasteiger partial charge in [-0.25, -0.2) is 4.99 Å². The van der Waals surface area contributed by atoms with Crippen LogP contribution in [0.2, 0.25) is 0 Å². The van der Waals surface area contributed by atoms with Gasteiger partial charge >= 0.3 is 0 Å². The molecule has 0 aromatic heterocycles. The number of thioether (sulfide) groups is 1. The highest BCUT2D eigenvalue weighted by molar-refractivity contribution is 9.10. The van der Waals surface area contributed by atoms with Crippen molar-refractivity contribution >= 4 is 50.5 Å². The molecule has 7 heteroatoms. The minimum atomic E-state index is -0.174. The number of rotatable bonds is 5. The van der Waals surface area contributed by atoms with Crippen LogP contribution in [0.1, 0.15) is 16.7 Å². The Hall–Kier alpha value is -3.34. The highest BCUT2D eigenvalue weighted by Crippen LogP contribution is 2.29. The first kappa shape index (κ1) is 20.9. The summed E-state index contributed by atoms with van der Waals surface area (Å²) in [5.41, 5.74) is 3.09. The van der Waals surface area contributed by atoms with E-state index in [4.69, 9.17) is 10.00 Å². The smallest absolute Gasteiger partial charge is 0.264 e. The zero-order valence-corrected chi connectivity index (χ0v) is 18.6. The molecule has 5 nitrogen and oxygen atoms in total. The van der Waals surface area contributed by atoms with E-state index in [1.54, 1.807) is 6.07 Å². The van der Waals surface area contributed by atoms with Gasteiger partial charge in [0.2, 0.25) is 0 Å². The number of ether oxygens (including phenoxy) is 1. The number of hydrogen-bond acceptors (Lipinski definition) is 5. The summed E-state index contributed by atoms with van der Waals surface area (Å²) in [4.78, 5) is 17.3. The minimum absolute atomic E-state index is 0.174. The summed E-state index contributed by atoms with van der Waals surface area (Å²) in [6, 6.07) is 24.6. The van der Waals surface area contributed by atoms with Gasteiger partial charge in [0.1, 0.15) is 12.4 Å². The Morgan fingerprint density at radius 1 is 1.10 bits per heavy atom. The van der Waals surface area contributed by atoms with Crippen molar-refractivity contribution in [3.8, 4) is 11.8 Å². The number of carbonyl (C=O) groups is 1. The topological polar surface area (TPSA) is 74.5 Å². The van der Waals surface area contributed by atoms with Gasteiger partial charge < -0.3 is 10.1 Å². The third-order valence-corrected chi connectivity index (χ3v) is 5.80. The van der Waals surface area contributed by atoms with Crippen molar-refractivity contribution in [2.75, 3.05) is 0 Å². The Labute approximate surface area is 192 Å². The van der Waals surface area contributed by atoms with E-state index in [1.807, 2.05) is 72.8 Å². The number of amides is 1. The van der Waals surface area contributed by atoms with Crippen molar-refractivity contribution in [2.45, 2.75) is 6.61 Å². The van der Waals surface area contributed by atoms with Crippen LogP contribution >= 0.6 is 27.7 Å². The Bertz CT molecular complexity index is 1230. The Morgan fingerprint density at radius 3 is 2.68 bits per heavy atom. The van der Waals surface area contributed by atoms with Crippen molar-refractivity contribution in [3.63, 3.8) is 0 Å². The zero-order valence-electron chi connectivity index (χ0n) is 16.2. The van der Waals surface area contributed by atoms with Gasteiger partial charge in [0, 0.05) is 10.0 Å². The monoisotopic (exact) mass is 489 g/mol. The van der Waals surface area contributed by atoms with E-state index in [0.29, 0.717) is 28.0 Å². The first-order valence-electron chi connectivity index (χ1n) is 9.37. The van der Waals surface area contributed by atoms with Crippen molar-refractivity contribution in [3.05, 3.63) is 98.9 Å². The van der Waals surface area contributed by atoms with Gasteiger partial charge in [0.25, 0.3) is 5.91 Å². The molecule has 1 aliphatic heterocycles. The van der Waals surface area contributed by atoms with Gasteiger partial charge in [0.15, 0.2) is 5.17 Å². The normalized spacial score (nSPS) is 15.7. The van der Waals surface area contributed by atoms with Crippen LogP contribution in [0.5, 0.6) is 5.75 Å². The average molecular weight is 490 g/mol. The van der Waals surface area contributed by atoms with Crippen LogP contribution < -0.4 is 10.1 Å². The maximum atomic E-state index is 12.3. The third kappa shape index (κ3) is 5.43. The Morgan fingerprint density at radius 2 is 1.90 bits per heavy atom. The van der Waals surface area contributed by atoms with Crippen molar-refractivity contribution in [1.29, 1.82) is 5.26 Å². The Kier molecular flexibility index (Phi) is 6.51. The van der Waals surface area contributed by atoms with E-state index in [9.17, 15) is 4.79 Å². The second-order valence-electron chi connectivity index (χ2n) is 6.59. The lowest BCUT2D eigenvalue weighted by Gasteiger charge is -2.07. The number of halogens is 1. The number of benzene rings is 3. The van der Waals surface area contributed by atoms with E-state index in [0.717, 1.165) is 21.3 Å². The summed E-state index contributed by atoms with van der Waals surface area (Å²) in [6.07, 6.45) is 1.82. The maximum Gasteiger partial charge on any atom is 0.264 e. The second kappa shape index (κ2) is 9.65. The molecule has 1 saturated heterocycles. The number of carbonyl (C=O) groups excluding carboxylic acids is 1. The quantitative estimate of drug-likeness (QED) is 0.460. The second-order valence-corrected chi connectivity index (χ2v) is 8.53. The highest BCUT2D eigenvalue weighted by atomic mass is 79.9. The fourth-order valence-corrected chi connectivity index (χ4v) is 4.10. The molecule has 0 saturated carbocycles. The van der Waals surface area contributed by atoms with Gasteiger partial charge in [-0.15, -0.1) is 0 Å². The van der Waals surface area contributed by atoms with E-state index in [1.165, 1.54) is 11.8 Å². The summed E-state index contributed by atoms with van der Waals surface area (Å²) in [5, 5.41) is 12.5. The zero-order chi connectivity index (χ0) is 21.6. The molecule has 0 unspecified atom stereocenters. The summed E-state index contributed by atoms with van der Waals surface area (Å²) in [7, 11) is 0. The molecule has 0 radical (unpaired) electrons. The number of amidine groups is 1. The summed E-state index contributed by atoms with van der Waals surface area (Å²) in [6.45, 7) is 0.317. The van der Waals surface area contributed by atoms with Crippen LogP contribution in [0.15, 0.2) is 87.2 Å². The molecular weight excluding hydrogens is 474 g/mol.